The van der Waals surface area contributed by atoms with Crippen LogP contribution in [0.1, 0.15) is 49.4 Å². The molecule has 0 aromatic heterocycles. The second-order valence-electron chi connectivity index (χ2n) is 4.83. The Labute approximate surface area is 99.2 Å². The number of benzene rings is 1. The molecule has 0 saturated carbocycles. The lowest BCUT2D eigenvalue weighted by atomic mass is 9.90. The van der Waals surface area contributed by atoms with Crippen LogP contribution in [0.5, 0.6) is 0 Å². The van der Waals surface area contributed by atoms with Gasteiger partial charge in [-0.05, 0) is 31.7 Å². The van der Waals surface area contributed by atoms with Crippen LogP contribution in [0, 0.1) is 19.8 Å². The van der Waals surface area contributed by atoms with E-state index in [9.17, 15) is 0 Å². The number of hydrogen-bond acceptors (Lipinski definition) is 2. The van der Waals surface area contributed by atoms with Crippen molar-refractivity contribution in [2.24, 2.45) is 11.8 Å². The molecule has 0 aliphatic heterocycles. The van der Waals surface area contributed by atoms with E-state index in [0.717, 1.165) is 0 Å². The Morgan fingerprint density at radius 3 is 2.19 bits per heavy atom. The van der Waals surface area contributed by atoms with Crippen LogP contribution < -0.4 is 11.3 Å². The summed E-state index contributed by atoms with van der Waals surface area (Å²) >= 11 is 0. The highest BCUT2D eigenvalue weighted by Crippen LogP contribution is 2.26. The molecule has 0 fully saturated rings. The van der Waals surface area contributed by atoms with Crippen molar-refractivity contribution < 1.29 is 0 Å². The summed E-state index contributed by atoms with van der Waals surface area (Å²) in [5, 5.41) is 0. The zero-order valence-corrected chi connectivity index (χ0v) is 10.9. The van der Waals surface area contributed by atoms with Crippen LogP contribution in [0.2, 0.25) is 0 Å². The summed E-state index contributed by atoms with van der Waals surface area (Å²) in [6.07, 6.45) is 2.39. The highest BCUT2D eigenvalue weighted by Gasteiger charge is 2.17. The van der Waals surface area contributed by atoms with Gasteiger partial charge in [0.05, 0.1) is 0 Å². The average molecular weight is 220 g/mol. The fourth-order valence-corrected chi connectivity index (χ4v) is 2.40. The Morgan fingerprint density at radius 1 is 1.19 bits per heavy atom. The first-order valence-electron chi connectivity index (χ1n) is 6.12. The van der Waals surface area contributed by atoms with Crippen molar-refractivity contribution in [3.05, 3.63) is 34.9 Å². The maximum absolute atomic E-state index is 5.69. The molecule has 0 saturated heterocycles. The molecule has 90 valence electrons. The van der Waals surface area contributed by atoms with E-state index in [1.807, 2.05) is 0 Å². The Kier molecular flexibility index (Phi) is 4.97. The number of hydrazine groups is 1. The molecule has 0 radical (unpaired) electrons. The second-order valence-corrected chi connectivity index (χ2v) is 4.83. The van der Waals surface area contributed by atoms with Gasteiger partial charge in [-0.25, -0.2) is 0 Å². The summed E-state index contributed by atoms with van der Waals surface area (Å²) in [5.74, 6) is 6.25. The van der Waals surface area contributed by atoms with Gasteiger partial charge in [0.1, 0.15) is 0 Å². The van der Waals surface area contributed by atoms with Gasteiger partial charge in [0, 0.05) is 6.04 Å². The van der Waals surface area contributed by atoms with E-state index in [-0.39, 0.29) is 6.04 Å². The summed E-state index contributed by atoms with van der Waals surface area (Å²) < 4.78 is 0. The van der Waals surface area contributed by atoms with Crippen molar-refractivity contribution in [3.63, 3.8) is 0 Å². The summed E-state index contributed by atoms with van der Waals surface area (Å²) in [7, 11) is 0. The number of hydrogen-bond donors (Lipinski definition) is 2. The molecule has 2 atom stereocenters. The predicted octanol–water partition coefficient (Wildman–Crippen LogP) is 3.24. The molecule has 0 aliphatic rings. The molecule has 2 nitrogen and oxygen atoms in total. The molecule has 2 heteroatoms. The van der Waals surface area contributed by atoms with E-state index in [1.54, 1.807) is 0 Å². The lowest BCUT2D eigenvalue weighted by Crippen LogP contribution is -2.32. The zero-order chi connectivity index (χ0) is 12.1. The lowest BCUT2D eigenvalue weighted by molar-refractivity contribution is 0.368. The molecule has 1 rings (SSSR count). The SMILES string of the molecule is CCCC(C)C(NN)c1cc(C)cc(C)c1. The van der Waals surface area contributed by atoms with Crippen molar-refractivity contribution in [2.45, 2.75) is 46.6 Å². The van der Waals surface area contributed by atoms with Gasteiger partial charge in [-0.2, -0.15) is 0 Å². The predicted molar refractivity (Wildman–Crippen MR) is 70.1 cm³/mol. The summed E-state index contributed by atoms with van der Waals surface area (Å²) in [6.45, 7) is 8.74. The third kappa shape index (κ3) is 3.32. The van der Waals surface area contributed by atoms with E-state index in [1.165, 1.54) is 29.5 Å². The molecule has 2 unspecified atom stereocenters. The van der Waals surface area contributed by atoms with Crippen LogP contribution in [-0.2, 0) is 0 Å². The van der Waals surface area contributed by atoms with E-state index in [4.69, 9.17) is 5.84 Å². The first-order valence-corrected chi connectivity index (χ1v) is 6.12. The Balaban J connectivity index is 2.94. The Morgan fingerprint density at radius 2 is 1.75 bits per heavy atom. The average Bonchev–Trinajstić information content (AvgIpc) is 2.17. The second kappa shape index (κ2) is 6.02. The van der Waals surface area contributed by atoms with Crippen LogP contribution >= 0.6 is 0 Å². The van der Waals surface area contributed by atoms with Gasteiger partial charge in [0.25, 0.3) is 0 Å². The maximum Gasteiger partial charge on any atom is 0.0485 e. The molecule has 16 heavy (non-hydrogen) atoms. The minimum absolute atomic E-state index is 0.263. The van der Waals surface area contributed by atoms with E-state index in [2.05, 4.69) is 51.3 Å². The zero-order valence-electron chi connectivity index (χ0n) is 10.9. The molecule has 0 heterocycles. The third-order valence-corrected chi connectivity index (χ3v) is 3.10. The highest BCUT2D eigenvalue weighted by molar-refractivity contribution is 5.30. The van der Waals surface area contributed by atoms with Gasteiger partial charge < -0.3 is 0 Å². The fraction of sp³-hybridized carbons (Fsp3) is 0.571. The number of rotatable bonds is 5. The van der Waals surface area contributed by atoms with Crippen molar-refractivity contribution in [2.75, 3.05) is 0 Å². The molecule has 1 aromatic carbocycles. The minimum atomic E-state index is 0.263. The number of nitrogens with two attached hydrogens (primary N) is 1. The first-order chi connectivity index (χ1) is 7.58. The third-order valence-electron chi connectivity index (χ3n) is 3.10. The van der Waals surface area contributed by atoms with Crippen molar-refractivity contribution in [3.8, 4) is 0 Å². The largest absolute Gasteiger partial charge is 0.271 e. The lowest BCUT2D eigenvalue weighted by Gasteiger charge is -2.24. The molecule has 0 amide bonds. The fourth-order valence-electron chi connectivity index (χ4n) is 2.40. The number of aryl methyl sites for hydroxylation is 2. The van der Waals surface area contributed by atoms with Gasteiger partial charge in [0.15, 0.2) is 0 Å². The maximum atomic E-state index is 5.69. The summed E-state index contributed by atoms with van der Waals surface area (Å²) in [5.41, 5.74) is 6.87. The van der Waals surface area contributed by atoms with Crippen molar-refractivity contribution in [1.82, 2.24) is 5.43 Å². The van der Waals surface area contributed by atoms with Gasteiger partial charge in [-0.3, -0.25) is 11.3 Å². The standard InChI is InChI=1S/C14H24N2/c1-5-6-12(4)14(16-15)13-8-10(2)7-11(3)9-13/h7-9,12,14,16H,5-6,15H2,1-4H3. The van der Waals surface area contributed by atoms with Crippen LogP contribution in [0.4, 0.5) is 0 Å². The molecular formula is C14H24N2. The number of nitrogens with one attached hydrogen (secondary N) is 1. The summed E-state index contributed by atoms with van der Waals surface area (Å²) in [6, 6.07) is 6.91. The molecular weight excluding hydrogens is 196 g/mol. The highest BCUT2D eigenvalue weighted by atomic mass is 15.2. The van der Waals surface area contributed by atoms with Crippen LogP contribution in [0.25, 0.3) is 0 Å². The normalized spacial score (nSPS) is 14.8. The van der Waals surface area contributed by atoms with Gasteiger partial charge >= 0.3 is 0 Å². The van der Waals surface area contributed by atoms with E-state index < -0.39 is 0 Å². The first kappa shape index (κ1) is 13.2. The van der Waals surface area contributed by atoms with Crippen LogP contribution in [-0.4, -0.2) is 0 Å². The smallest absolute Gasteiger partial charge is 0.0485 e. The molecule has 1 aromatic rings. The topological polar surface area (TPSA) is 38.0 Å². The Bertz CT molecular complexity index is 313. The van der Waals surface area contributed by atoms with E-state index in [0.29, 0.717) is 5.92 Å². The Hall–Kier alpha value is -0.860. The van der Waals surface area contributed by atoms with Crippen molar-refractivity contribution in [1.29, 1.82) is 0 Å². The quantitative estimate of drug-likeness (QED) is 0.590. The van der Waals surface area contributed by atoms with Gasteiger partial charge in [-0.15, -0.1) is 0 Å². The monoisotopic (exact) mass is 220 g/mol. The summed E-state index contributed by atoms with van der Waals surface area (Å²) in [4.78, 5) is 0. The van der Waals surface area contributed by atoms with Gasteiger partial charge in [-0.1, -0.05) is 49.6 Å². The molecule has 0 bridgehead atoms. The minimum Gasteiger partial charge on any atom is -0.271 e. The van der Waals surface area contributed by atoms with E-state index >= 15 is 0 Å². The van der Waals surface area contributed by atoms with Gasteiger partial charge in [0.2, 0.25) is 0 Å². The van der Waals surface area contributed by atoms with Crippen LogP contribution in [0.3, 0.4) is 0 Å². The van der Waals surface area contributed by atoms with Crippen molar-refractivity contribution >= 4 is 0 Å². The molecule has 0 aliphatic carbocycles. The molecule has 3 N–H and O–H groups in total. The van der Waals surface area contributed by atoms with Crippen LogP contribution in [0.15, 0.2) is 18.2 Å². The molecule has 0 spiro atoms.